The summed E-state index contributed by atoms with van der Waals surface area (Å²) in [7, 11) is 0. The highest BCUT2D eigenvalue weighted by atomic mass is 32.1. The number of thiocarbonyl (C=S) groups is 1. The Kier molecular flexibility index (Phi) is 2.47. The molecule has 0 rings (SSSR count). The average Bonchev–Trinajstić information content (AvgIpc) is 1.36. The number of nitrogens with two attached hydrogens (primary N) is 2. The van der Waals surface area contributed by atoms with E-state index in [4.69, 9.17) is 11.5 Å². The molecule has 1 unspecified atom stereocenters. The predicted octanol–water partition coefficient (Wildman–Crippen LogP) is -0.513. The van der Waals surface area contributed by atoms with Gasteiger partial charge in [-0.1, -0.05) is 12.2 Å². The smallest absolute Gasteiger partial charge is 0.0999 e. The standard InChI is InChI=1S/C2H6N2S2/c3-1(5)2(4)6/h1,5H,3H2,(H2,4,6). The van der Waals surface area contributed by atoms with Crippen molar-refractivity contribution >= 4 is 29.8 Å². The van der Waals surface area contributed by atoms with Crippen LogP contribution in [0.5, 0.6) is 0 Å². The van der Waals surface area contributed by atoms with E-state index in [0.717, 1.165) is 0 Å². The van der Waals surface area contributed by atoms with E-state index in [1.807, 2.05) is 0 Å². The maximum absolute atomic E-state index is 5.03. The van der Waals surface area contributed by atoms with Gasteiger partial charge in [0, 0.05) is 0 Å². The molecule has 0 saturated carbocycles. The summed E-state index contributed by atoms with van der Waals surface area (Å²) in [6.45, 7) is 0. The lowest BCUT2D eigenvalue weighted by molar-refractivity contribution is 1.23. The quantitative estimate of drug-likeness (QED) is 0.249. The molecule has 0 aromatic rings. The number of hydrogen-bond donors (Lipinski definition) is 3. The van der Waals surface area contributed by atoms with Crippen molar-refractivity contribution in [2.75, 3.05) is 0 Å². The van der Waals surface area contributed by atoms with Crippen LogP contribution in [-0.4, -0.2) is 10.4 Å². The predicted molar refractivity (Wildman–Crippen MR) is 33.7 cm³/mol. The fourth-order valence-corrected chi connectivity index (χ4v) is 0. The summed E-state index contributed by atoms with van der Waals surface area (Å²) < 4.78 is 0. The Balaban J connectivity index is 3.26. The van der Waals surface area contributed by atoms with Crippen LogP contribution in [0.25, 0.3) is 0 Å². The molecule has 0 aromatic heterocycles. The molecule has 0 radical (unpaired) electrons. The maximum atomic E-state index is 5.03. The molecule has 0 aliphatic heterocycles. The van der Waals surface area contributed by atoms with Gasteiger partial charge in [-0.2, -0.15) is 12.6 Å². The van der Waals surface area contributed by atoms with Crippen molar-refractivity contribution in [3.05, 3.63) is 0 Å². The fourth-order valence-electron chi connectivity index (χ4n) is 0. The summed E-state index contributed by atoms with van der Waals surface area (Å²) in [5, 5.41) is -0.444. The van der Waals surface area contributed by atoms with Crippen molar-refractivity contribution in [2.24, 2.45) is 11.5 Å². The highest BCUT2D eigenvalue weighted by Gasteiger charge is 1.92. The van der Waals surface area contributed by atoms with E-state index in [0.29, 0.717) is 0 Å². The zero-order chi connectivity index (χ0) is 5.15. The van der Waals surface area contributed by atoms with Gasteiger partial charge in [-0.15, -0.1) is 0 Å². The van der Waals surface area contributed by atoms with Crippen molar-refractivity contribution in [3.8, 4) is 0 Å². The Labute approximate surface area is 47.3 Å². The molecule has 1 atom stereocenters. The second-order valence-corrected chi connectivity index (χ2v) is 1.87. The van der Waals surface area contributed by atoms with Crippen LogP contribution in [0.2, 0.25) is 0 Å². The van der Waals surface area contributed by atoms with Gasteiger partial charge in [0.25, 0.3) is 0 Å². The van der Waals surface area contributed by atoms with Crippen LogP contribution in [0.1, 0.15) is 0 Å². The van der Waals surface area contributed by atoms with E-state index >= 15 is 0 Å². The molecule has 0 aliphatic rings. The van der Waals surface area contributed by atoms with Crippen LogP contribution in [0.3, 0.4) is 0 Å². The van der Waals surface area contributed by atoms with Crippen LogP contribution in [0.4, 0.5) is 0 Å². The molecule has 36 valence electrons. The molecule has 0 bridgehead atoms. The number of rotatable bonds is 1. The number of hydrogen-bond acceptors (Lipinski definition) is 3. The van der Waals surface area contributed by atoms with Crippen LogP contribution < -0.4 is 11.5 Å². The first-order chi connectivity index (χ1) is 2.64. The summed E-state index contributed by atoms with van der Waals surface area (Å²) in [6.07, 6.45) is 0. The molecule has 0 aromatic carbocycles. The van der Waals surface area contributed by atoms with Gasteiger partial charge in [0.15, 0.2) is 0 Å². The lowest BCUT2D eigenvalue weighted by Gasteiger charge is -1.95. The minimum Gasteiger partial charge on any atom is -0.391 e. The highest BCUT2D eigenvalue weighted by Crippen LogP contribution is 1.80. The second kappa shape index (κ2) is 2.39. The molecule has 4 N–H and O–H groups in total. The van der Waals surface area contributed by atoms with Gasteiger partial charge in [-0.05, 0) is 0 Å². The van der Waals surface area contributed by atoms with E-state index in [1.165, 1.54) is 0 Å². The van der Waals surface area contributed by atoms with E-state index in [2.05, 4.69) is 24.8 Å². The molecule has 0 heterocycles. The lowest BCUT2D eigenvalue weighted by Crippen LogP contribution is -2.29. The van der Waals surface area contributed by atoms with Crippen LogP contribution in [0.15, 0.2) is 0 Å². The molecule has 4 heteroatoms. The van der Waals surface area contributed by atoms with Crippen molar-refractivity contribution in [1.29, 1.82) is 0 Å². The highest BCUT2D eigenvalue weighted by molar-refractivity contribution is 7.86. The molecular formula is C2H6N2S2. The normalized spacial score (nSPS) is 13.7. The van der Waals surface area contributed by atoms with Crippen LogP contribution in [0, 0.1) is 0 Å². The summed E-state index contributed by atoms with van der Waals surface area (Å²) >= 11 is 8.10. The number of thiol groups is 1. The monoisotopic (exact) mass is 122 g/mol. The summed E-state index contributed by atoms with van der Waals surface area (Å²) in [4.78, 5) is 0.235. The van der Waals surface area contributed by atoms with Crippen molar-refractivity contribution < 1.29 is 0 Å². The van der Waals surface area contributed by atoms with Crippen molar-refractivity contribution in [2.45, 2.75) is 5.37 Å². The molecule has 0 amide bonds. The molecule has 0 saturated heterocycles. The van der Waals surface area contributed by atoms with E-state index in [9.17, 15) is 0 Å². The third-order valence-corrected chi connectivity index (χ3v) is 0.998. The lowest BCUT2D eigenvalue weighted by atomic mass is 10.7. The fraction of sp³-hybridized carbons (Fsp3) is 0.500. The van der Waals surface area contributed by atoms with Crippen molar-refractivity contribution in [1.82, 2.24) is 0 Å². The molecule has 0 fully saturated rings. The SMILES string of the molecule is NC(=S)C(N)S. The Morgan fingerprint density at radius 2 is 2.00 bits per heavy atom. The van der Waals surface area contributed by atoms with Gasteiger partial charge in [-0.25, -0.2) is 0 Å². The van der Waals surface area contributed by atoms with Crippen LogP contribution >= 0.6 is 24.8 Å². The molecule has 0 aliphatic carbocycles. The summed E-state index contributed by atoms with van der Waals surface area (Å²) in [5.74, 6) is 0. The average molecular weight is 122 g/mol. The first-order valence-electron chi connectivity index (χ1n) is 1.37. The third kappa shape index (κ3) is 2.44. The Hall–Kier alpha value is 0.200. The van der Waals surface area contributed by atoms with E-state index < -0.39 is 5.37 Å². The van der Waals surface area contributed by atoms with Gasteiger partial charge in [0.1, 0.15) is 0 Å². The largest absolute Gasteiger partial charge is 0.391 e. The minimum atomic E-state index is -0.444. The third-order valence-electron chi connectivity index (χ3n) is 0.292. The zero-order valence-electron chi connectivity index (χ0n) is 3.09. The first kappa shape index (κ1) is 6.20. The molecule has 0 spiro atoms. The maximum Gasteiger partial charge on any atom is 0.0999 e. The van der Waals surface area contributed by atoms with Gasteiger partial charge in [0.2, 0.25) is 0 Å². The van der Waals surface area contributed by atoms with Gasteiger partial charge in [-0.3, -0.25) is 0 Å². The first-order valence-corrected chi connectivity index (χ1v) is 2.30. The van der Waals surface area contributed by atoms with E-state index in [-0.39, 0.29) is 4.99 Å². The van der Waals surface area contributed by atoms with Gasteiger partial charge in [0.05, 0.1) is 10.4 Å². The van der Waals surface area contributed by atoms with Crippen LogP contribution in [-0.2, 0) is 0 Å². The zero-order valence-corrected chi connectivity index (χ0v) is 4.80. The molecule has 6 heavy (non-hydrogen) atoms. The minimum absolute atomic E-state index is 0.235. The Bertz CT molecular complexity index is 60.6. The molecular weight excluding hydrogens is 116 g/mol. The Morgan fingerprint density at radius 3 is 2.00 bits per heavy atom. The van der Waals surface area contributed by atoms with Gasteiger partial charge >= 0.3 is 0 Å². The van der Waals surface area contributed by atoms with Gasteiger partial charge < -0.3 is 11.5 Å². The van der Waals surface area contributed by atoms with E-state index in [1.54, 1.807) is 0 Å². The summed E-state index contributed by atoms with van der Waals surface area (Å²) in [5.41, 5.74) is 10.00. The topological polar surface area (TPSA) is 52.0 Å². The summed E-state index contributed by atoms with van der Waals surface area (Å²) in [6, 6.07) is 0. The van der Waals surface area contributed by atoms with Crippen molar-refractivity contribution in [3.63, 3.8) is 0 Å². The second-order valence-electron chi connectivity index (χ2n) is 0.847. The molecule has 2 nitrogen and oxygen atoms in total. The Morgan fingerprint density at radius 1 is 1.83 bits per heavy atom.